The number of hydrogen-bond acceptors (Lipinski definition) is 4. The lowest BCUT2D eigenvalue weighted by molar-refractivity contribution is -0.136. The van der Waals surface area contributed by atoms with Crippen molar-refractivity contribution in [3.63, 3.8) is 0 Å². The zero-order chi connectivity index (χ0) is 20.0. The molecular weight excluding hydrogens is 362 g/mol. The first-order valence-corrected chi connectivity index (χ1v) is 11.0. The van der Waals surface area contributed by atoms with Gasteiger partial charge in [0.1, 0.15) is 0 Å². The third kappa shape index (κ3) is 3.48. The Kier molecular flexibility index (Phi) is 4.69. The van der Waals surface area contributed by atoms with E-state index in [1.807, 2.05) is 18.7 Å². The van der Waals surface area contributed by atoms with Crippen LogP contribution in [-0.2, 0) is 11.3 Å². The van der Waals surface area contributed by atoms with Crippen LogP contribution in [0.2, 0.25) is 0 Å². The molecule has 154 valence electrons. The second-order valence-corrected chi connectivity index (χ2v) is 9.52. The number of likely N-dealkylation sites (tertiary alicyclic amines) is 2. The fraction of sp³-hybridized carbons (Fsp3) is 0.609. The standard InChI is InChI=1S/C23H31N5O/c1-17(2)28-14-21(25-16-28)20-13-26(11-19-5-8-24-9-6-19)15-23(20)7-10-27(22(23)29)12-18-3-4-18/h5-6,8-9,14,16-18,20H,3-4,7,10-13,15H2,1-2H3/t20-,23-/m0/s1. The molecule has 2 aliphatic heterocycles. The molecule has 2 atom stereocenters. The summed E-state index contributed by atoms with van der Waals surface area (Å²) < 4.78 is 2.16. The van der Waals surface area contributed by atoms with Crippen LogP contribution in [0, 0.1) is 11.3 Å². The van der Waals surface area contributed by atoms with Gasteiger partial charge in [0, 0.05) is 63.3 Å². The van der Waals surface area contributed by atoms with Crippen LogP contribution in [0.3, 0.4) is 0 Å². The number of rotatable bonds is 6. The van der Waals surface area contributed by atoms with E-state index < -0.39 is 0 Å². The van der Waals surface area contributed by atoms with Gasteiger partial charge in [-0.1, -0.05) is 0 Å². The number of pyridine rings is 1. The lowest BCUT2D eigenvalue weighted by Crippen LogP contribution is -2.40. The summed E-state index contributed by atoms with van der Waals surface area (Å²) in [6.07, 6.45) is 11.3. The SMILES string of the molecule is CC(C)n1cnc([C@@H]2CN(Cc3ccncc3)C[C@@]23CCN(CC2CC2)C3=O)c1. The Bertz CT molecular complexity index is 874. The van der Waals surface area contributed by atoms with Crippen molar-refractivity contribution in [3.8, 4) is 0 Å². The molecule has 6 heteroatoms. The molecule has 2 saturated heterocycles. The van der Waals surface area contributed by atoms with Crippen LogP contribution >= 0.6 is 0 Å². The average Bonchev–Trinajstić information content (AvgIpc) is 3.13. The van der Waals surface area contributed by atoms with Crippen molar-refractivity contribution in [2.24, 2.45) is 11.3 Å². The molecule has 1 aliphatic carbocycles. The van der Waals surface area contributed by atoms with Crippen molar-refractivity contribution in [3.05, 3.63) is 48.3 Å². The van der Waals surface area contributed by atoms with E-state index in [0.717, 1.165) is 50.8 Å². The molecule has 4 heterocycles. The van der Waals surface area contributed by atoms with Crippen LogP contribution < -0.4 is 0 Å². The molecule has 2 aromatic heterocycles. The number of nitrogens with zero attached hydrogens (tertiary/aromatic N) is 5. The lowest BCUT2D eigenvalue weighted by Gasteiger charge is -2.28. The van der Waals surface area contributed by atoms with Gasteiger partial charge < -0.3 is 9.47 Å². The number of amides is 1. The van der Waals surface area contributed by atoms with Gasteiger partial charge in [0.05, 0.1) is 17.4 Å². The van der Waals surface area contributed by atoms with Gasteiger partial charge in [0.25, 0.3) is 0 Å². The Morgan fingerprint density at radius 2 is 2.03 bits per heavy atom. The summed E-state index contributed by atoms with van der Waals surface area (Å²) in [5, 5.41) is 0. The van der Waals surface area contributed by atoms with Crippen molar-refractivity contribution in [2.45, 2.75) is 51.6 Å². The Morgan fingerprint density at radius 1 is 1.24 bits per heavy atom. The number of aromatic nitrogens is 3. The molecule has 1 saturated carbocycles. The van der Waals surface area contributed by atoms with E-state index in [2.05, 4.69) is 51.5 Å². The largest absolute Gasteiger partial charge is 0.342 e. The minimum Gasteiger partial charge on any atom is -0.342 e. The van der Waals surface area contributed by atoms with E-state index in [4.69, 9.17) is 4.98 Å². The van der Waals surface area contributed by atoms with E-state index in [-0.39, 0.29) is 11.3 Å². The molecule has 0 radical (unpaired) electrons. The predicted octanol–water partition coefficient (Wildman–Crippen LogP) is 3.09. The summed E-state index contributed by atoms with van der Waals surface area (Å²) in [5.41, 5.74) is 2.01. The second-order valence-electron chi connectivity index (χ2n) is 9.52. The van der Waals surface area contributed by atoms with Gasteiger partial charge in [-0.15, -0.1) is 0 Å². The van der Waals surface area contributed by atoms with Crippen molar-refractivity contribution in [2.75, 3.05) is 26.2 Å². The van der Waals surface area contributed by atoms with E-state index in [9.17, 15) is 4.79 Å². The molecule has 0 N–H and O–H groups in total. The highest BCUT2D eigenvalue weighted by Gasteiger charge is 2.58. The molecule has 5 rings (SSSR count). The monoisotopic (exact) mass is 393 g/mol. The highest BCUT2D eigenvalue weighted by molar-refractivity contribution is 5.87. The Balaban J connectivity index is 1.43. The van der Waals surface area contributed by atoms with E-state index in [1.54, 1.807) is 0 Å². The molecule has 1 amide bonds. The van der Waals surface area contributed by atoms with Gasteiger partial charge in [0.2, 0.25) is 5.91 Å². The third-order valence-corrected chi connectivity index (χ3v) is 7.06. The molecule has 0 aromatic carbocycles. The quantitative estimate of drug-likeness (QED) is 0.757. The predicted molar refractivity (Wildman–Crippen MR) is 111 cm³/mol. The third-order valence-electron chi connectivity index (χ3n) is 7.06. The van der Waals surface area contributed by atoms with Gasteiger partial charge in [-0.2, -0.15) is 0 Å². The van der Waals surface area contributed by atoms with Gasteiger partial charge in [-0.25, -0.2) is 4.98 Å². The Hall–Kier alpha value is -2.21. The van der Waals surface area contributed by atoms with E-state index >= 15 is 0 Å². The minimum atomic E-state index is -0.321. The zero-order valence-electron chi connectivity index (χ0n) is 17.5. The fourth-order valence-corrected chi connectivity index (χ4v) is 5.18. The zero-order valence-corrected chi connectivity index (χ0v) is 17.5. The molecule has 0 unspecified atom stereocenters. The minimum absolute atomic E-state index is 0.168. The maximum Gasteiger partial charge on any atom is 0.230 e. The van der Waals surface area contributed by atoms with Gasteiger partial charge in [-0.05, 0) is 56.7 Å². The van der Waals surface area contributed by atoms with E-state index in [0.29, 0.717) is 11.9 Å². The number of carbonyl (C=O) groups excluding carboxylic acids is 1. The van der Waals surface area contributed by atoms with Gasteiger partial charge in [0.15, 0.2) is 0 Å². The van der Waals surface area contributed by atoms with Crippen molar-refractivity contribution >= 4 is 5.91 Å². The van der Waals surface area contributed by atoms with Crippen LogP contribution in [0.25, 0.3) is 0 Å². The summed E-state index contributed by atoms with van der Waals surface area (Å²) >= 11 is 0. The first-order valence-electron chi connectivity index (χ1n) is 11.0. The van der Waals surface area contributed by atoms with Crippen LogP contribution in [-0.4, -0.2) is 56.4 Å². The smallest absolute Gasteiger partial charge is 0.230 e. The van der Waals surface area contributed by atoms with Crippen LogP contribution in [0.4, 0.5) is 0 Å². The van der Waals surface area contributed by atoms with Crippen LogP contribution in [0.5, 0.6) is 0 Å². The summed E-state index contributed by atoms with van der Waals surface area (Å²) in [6.45, 7) is 8.78. The molecule has 2 aromatic rings. The second kappa shape index (κ2) is 7.24. The molecule has 1 spiro atoms. The van der Waals surface area contributed by atoms with Crippen LogP contribution in [0.15, 0.2) is 37.1 Å². The first kappa shape index (κ1) is 18.8. The fourth-order valence-electron chi connectivity index (χ4n) is 5.18. The van der Waals surface area contributed by atoms with Crippen molar-refractivity contribution < 1.29 is 4.79 Å². The van der Waals surface area contributed by atoms with Crippen molar-refractivity contribution in [1.82, 2.24) is 24.3 Å². The molecule has 29 heavy (non-hydrogen) atoms. The van der Waals surface area contributed by atoms with Gasteiger partial charge in [-0.3, -0.25) is 14.7 Å². The Labute approximate surface area is 172 Å². The highest BCUT2D eigenvalue weighted by atomic mass is 16.2. The number of hydrogen-bond donors (Lipinski definition) is 0. The molecular formula is C23H31N5O. The molecule has 3 aliphatic rings. The summed E-state index contributed by atoms with van der Waals surface area (Å²) in [7, 11) is 0. The van der Waals surface area contributed by atoms with Crippen molar-refractivity contribution in [1.29, 1.82) is 0 Å². The normalized spacial score (nSPS) is 27.6. The first-order chi connectivity index (χ1) is 14.0. The van der Waals surface area contributed by atoms with Crippen LogP contribution in [0.1, 0.15) is 56.3 Å². The maximum atomic E-state index is 13.7. The van der Waals surface area contributed by atoms with Gasteiger partial charge >= 0.3 is 0 Å². The topological polar surface area (TPSA) is 54.3 Å². The molecule has 6 nitrogen and oxygen atoms in total. The summed E-state index contributed by atoms with van der Waals surface area (Å²) in [5.74, 6) is 1.27. The summed E-state index contributed by atoms with van der Waals surface area (Å²) in [6, 6.07) is 4.53. The molecule has 0 bridgehead atoms. The number of carbonyl (C=O) groups is 1. The highest BCUT2D eigenvalue weighted by Crippen LogP contribution is 2.50. The number of imidazole rings is 1. The lowest BCUT2D eigenvalue weighted by atomic mass is 9.75. The molecule has 3 fully saturated rings. The average molecular weight is 394 g/mol. The van der Waals surface area contributed by atoms with E-state index in [1.165, 1.54) is 18.4 Å². The summed E-state index contributed by atoms with van der Waals surface area (Å²) in [4.78, 5) is 27.2. The maximum absolute atomic E-state index is 13.7. The Morgan fingerprint density at radius 3 is 2.72 bits per heavy atom.